The maximum Gasteiger partial charge on any atom is 0.124 e. The average molecular weight is 287 g/mol. The molecule has 0 fully saturated rings. The third-order valence-electron chi connectivity index (χ3n) is 3.92. The normalized spacial score (nSPS) is 18.7. The third-order valence-corrected chi connectivity index (χ3v) is 3.92. The van der Waals surface area contributed by atoms with Crippen molar-refractivity contribution in [3.8, 4) is 11.5 Å². The van der Waals surface area contributed by atoms with Gasteiger partial charge in [-0.3, -0.25) is 0 Å². The summed E-state index contributed by atoms with van der Waals surface area (Å²) in [5.41, 5.74) is 1.16. The van der Waals surface area contributed by atoms with Crippen molar-refractivity contribution in [2.75, 3.05) is 13.7 Å². The highest BCUT2D eigenvalue weighted by Crippen LogP contribution is 2.36. The van der Waals surface area contributed by atoms with E-state index in [1.807, 2.05) is 18.3 Å². The minimum absolute atomic E-state index is 0.210. The van der Waals surface area contributed by atoms with Crippen LogP contribution in [-0.2, 0) is 0 Å². The van der Waals surface area contributed by atoms with Crippen molar-refractivity contribution in [3.63, 3.8) is 0 Å². The van der Waals surface area contributed by atoms with Crippen LogP contribution in [0.3, 0.4) is 0 Å². The highest BCUT2D eigenvalue weighted by molar-refractivity contribution is 5.43. The number of nitrogens with zero attached hydrogens (tertiary/aromatic N) is 1. The van der Waals surface area contributed by atoms with Crippen LogP contribution in [0.15, 0.2) is 30.6 Å². The van der Waals surface area contributed by atoms with Gasteiger partial charge in [-0.1, -0.05) is 6.92 Å². The van der Waals surface area contributed by atoms with E-state index in [1.165, 1.54) is 0 Å². The molecule has 1 aliphatic rings. The number of hydrogen-bond donors (Lipinski definition) is 2. The van der Waals surface area contributed by atoms with Crippen molar-refractivity contribution in [1.82, 2.24) is 15.3 Å². The van der Waals surface area contributed by atoms with Crippen LogP contribution < -0.4 is 14.8 Å². The fourth-order valence-electron chi connectivity index (χ4n) is 2.77. The lowest BCUT2D eigenvalue weighted by Crippen LogP contribution is -2.30. The van der Waals surface area contributed by atoms with Gasteiger partial charge in [0.25, 0.3) is 0 Å². The van der Waals surface area contributed by atoms with Crippen LogP contribution in [-0.4, -0.2) is 23.7 Å². The lowest BCUT2D eigenvalue weighted by molar-refractivity contribution is 0.241. The van der Waals surface area contributed by atoms with Crippen LogP contribution in [0.25, 0.3) is 0 Å². The van der Waals surface area contributed by atoms with Crippen LogP contribution in [0.1, 0.15) is 43.2 Å². The molecular formula is C16H21N3O2. The number of aromatic amines is 1. The molecule has 0 spiro atoms. The molecule has 5 heteroatoms. The standard InChI is InChI=1S/C16H21N3O2/c1-3-13(16-17-7-8-18-16)19-14-6-9-21-15-5-4-11(20-2)10-12(14)15/h4-5,7-8,10,13-14,19H,3,6,9H2,1-2H3,(H,17,18). The quantitative estimate of drug-likeness (QED) is 0.887. The van der Waals surface area contributed by atoms with Crippen LogP contribution in [0.2, 0.25) is 0 Å². The number of nitrogens with one attached hydrogen (secondary N) is 2. The van der Waals surface area contributed by atoms with E-state index in [2.05, 4.69) is 28.3 Å². The first-order valence-corrected chi connectivity index (χ1v) is 7.38. The molecule has 2 unspecified atom stereocenters. The van der Waals surface area contributed by atoms with Crippen LogP contribution >= 0.6 is 0 Å². The van der Waals surface area contributed by atoms with Crippen LogP contribution in [0.5, 0.6) is 11.5 Å². The first kappa shape index (κ1) is 13.9. The molecule has 2 N–H and O–H groups in total. The number of methoxy groups -OCH3 is 1. The van der Waals surface area contributed by atoms with E-state index in [9.17, 15) is 0 Å². The first-order chi connectivity index (χ1) is 10.3. The molecule has 21 heavy (non-hydrogen) atoms. The molecule has 0 bridgehead atoms. The highest BCUT2D eigenvalue weighted by atomic mass is 16.5. The molecule has 0 saturated carbocycles. The number of H-pyrrole nitrogens is 1. The van der Waals surface area contributed by atoms with Gasteiger partial charge in [0.15, 0.2) is 0 Å². The monoisotopic (exact) mass is 287 g/mol. The number of aromatic nitrogens is 2. The van der Waals surface area contributed by atoms with Crippen molar-refractivity contribution in [3.05, 3.63) is 42.0 Å². The summed E-state index contributed by atoms with van der Waals surface area (Å²) in [6.45, 7) is 2.89. The molecule has 1 aromatic heterocycles. The fraction of sp³-hybridized carbons (Fsp3) is 0.438. The van der Waals surface area contributed by atoms with Crippen molar-refractivity contribution in [1.29, 1.82) is 0 Å². The molecule has 1 aliphatic heterocycles. The van der Waals surface area contributed by atoms with E-state index in [1.54, 1.807) is 13.3 Å². The second-order valence-corrected chi connectivity index (χ2v) is 5.20. The summed E-state index contributed by atoms with van der Waals surface area (Å²) in [5, 5.41) is 3.69. The molecule has 1 aromatic carbocycles. The van der Waals surface area contributed by atoms with Gasteiger partial charge in [0.2, 0.25) is 0 Å². The Morgan fingerprint density at radius 3 is 3.14 bits per heavy atom. The van der Waals surface area contributed by atoms with Gasteiger partial charge >= 0.3 is 0 Å². The maximum absolute atomic E-state index is 5.74. The van der Waals surface area contributed by atoms with Crippen molar-refractivity contribution < 1.29 is 9.47 Å². The molecule has 0 radical (unpaired) electrons. The van der Waals surface area contributed by atoms with E-state index >= 15 is 0 Å². The lowest BCUT2D eigenvalue weighted by atomic mass is 9.98. The van der Waals surface area contributed by atoms with E-state index in [-0.39, 0.29) is 12.1 Å². The molecule has 3 rings (SSSR count). The van der Waals surface area contributed by atoms with E-state index in [0.717, 1.165) is 42.3 Å². The Bertz CT molecular complexity index is 583. The second-order valence-electron chi connectivity index (χ2n) is 5.20. The van der Waals surface area contributed by atoms with Gasteiger partial charge in [0, 0.05) is 30.4 Å². The number of imidazole rings is 1. The molecule has 0 saturated heterocycles. The molecule has 2 heterocycles. The molecule has 2 atom stereocenters. The fourth-order valence-corrected chi connectivity index (χ4v) is 2.77. The van der Waals surface area contributed by atoms with Crippen molar-refractivity contribution in [2.24, 2.45) is 0 Å². The Balaban J connectivity index is 1.84. The van der Waals surface area contributed by atoms with E-state index in [4.69, 9.17) is 9.47 Å². The summed E-state index contributed by atoms with van der Waals surface area (Å²) in [5.74, 6) is 2.78. The molecule has 112 valence electrons. The van der Waals surface area contributed by atoms with Gasteiger partial charge in [-0.25, -0.2) is 4.98 Å². The predicted octanol–water partition coefficient (Wildman–Crippen LogP) is 2.98. The van der Waals surface area contributed by atoms with Gasteiger partial charge in [-0.15, -0.1) is 0 Å². The smallest absolute Gasteiger partial charge is 0.124 e. The second kappa shape index (κ2) is 6.18. The number of rotatable bonds is 5. The Hall–Kier alpha value is -2.01. The number of ether oxygens (including phenoxy) is 2. The zero-order valence-electron chi connectivity index (χ0n) is 12.4. The van der Waals surface area contributed by atoms with Crippen molar-refractivity contribution in [2.45, 2.75) is 31.8 Å². The van der Waals surface area contributed by atoms with Gasteiger partial charge in [-0.05, 0) is 24.6 Å². The average Bonchev–Trinajstić information content (AvgIpc) is 3.06. The lowest BCUT2D eigenvalue weighted by Gasteiger charge is -2.30. The summed E-state index contributed by atoms with van der Waals surface area (Å²) in [6, 6.07) is 6.43. The zero-order valence-corrected chi connectivity index (χ0v) is 12.4. The number of hydrogen-bond acceptors (Lipinski definition) is 4. The summed E-state index contributed by atoms with van der Waals surface area (Å²) in [4.78, 5) is 7.56. The Morgan fingerprint density at radius 1 is 1.52 bits per heavy atom. The first-order valence-electron chi connectivity index (χ1n) is 7.38. The van der Waals surface area contributed by atoms with Gasteiger partial charge in [0.1, 0.15) is 17.3 Å². The Labute approximate surface area is 124 Å². The molecule has 0 aliphatic carbocycles. The largest absolute Gasteiger partial charge is 0.497 e. The Morgan fingerprint density at radius 2 is 2.43 bits per heavy atom. The maximum atomic E-state index is 5.74. The van der Waals surface area contributed by atoms with Gasteiger partial charge in [-0.2, -0.15) is 0 Å². The van der Waals surface area contributed by atoms with E-state index in [0.29, 0.717) is 0 Å². The summed E-state index contributed by atoms with van der Waals surface area (Å²) in [6.07, 6.45) is 5.57. The third kappa shape index (κ3) is 2.88. The minimum atomic E-state index is 0.210. The number of benzene rings is 1. The summed E-state index contributed by atoms with van der Waals surface area (Å²) < 4.78 is 11.1. The van der Waals surface area contributed by atoms with Crippen molar-refractivity contribution >= 4 is 0 Å². The predicted molar refractivity (Wildman–Crippen MR) is 80.6 cm³/mol. The summed E-state index contributed by atoms with van der Waals surface area (Å²) in [7, 11) is 1.69. The molecule has 0 amide bonds. The van der Waals surface area contributed by atoms with Crippen LogP contribution in [0, 0.1) is 0 Å². The minimum Gasteiger partial charge on any atom is -0.497 e. The zero-order chi connectivity index (χ0) is 14.7. The Kier molecular flexibility index (Phi) is 4.10. The SMILES string of the molecule is CCC(NC1CCOc2ccc(OC)cc21)c1ncc[nH]1. The van der Waals surface area contributed by atoms with E-state index < -0.39 is 0 Å². The highest BCUT2D eigenvalue weighted by Gasteiger charge is 2.25. The molecule has 2 aromatic rings. The number of fused-ring (bicyclic) bond motifs is 1. The molecular weight excluding hydrogens is 266 g/mol. The van der Waals surface area contributed by atoms with Gasteiger partial charge < -0.3 is 19.8 Å². The topological polar surface area (TPSA) is 59.2 Å². The van der Waals surface area contributed by atoms with Crippen LogP contribution in [0.4, 0.5) is 0 Å². The molecule has 5 nitrogen and oxygen atoms in total. The summed E-state index contributed by atoms with van der Waals surface area (Å²) >= 11 is 0. The van der Waals surface area contributed by atoms with Gasteiger partial charge in [0.05, 0.1) is 19.8 Å².